The molecule has 6 nitrogen and oxygen atoms in total. The van der Waals surface area contributed by atoms with Crippen LogP contribution in [0, 0.1) is 5.41 Å². The Labute approximate surface area is 191 Å². The van der Waals surface area contributed by atoms with Gasteiger partial charge in [0.05, 0.1) is 18.2 Å². The number of anilines is 1. The number of ether oxygens (including phenoxy) is 1. The number of methoxy groups -OCH3 is 1. The van der Waals surface area contributed by atoms with Gasteiger partial charge in [0.2, 0.25) is 11.0 Å². The second-order valence-corrected chi connectivity index (χ2v) is 8.80. The average Bonchev–Trinajstić information content (AvgIpc) is 3.33. The predicted molar refractivity (Wildman–Crippen MR) is 127 cm³/mol. The molecule has 0 aliphatic rings. The van der Waals surface area contributed by atoms with Crippen molar-refractivity contribution in [3.8, 4) is 17.0 Å². The third-order valence-corrected chi connectivity index (χ3v) is 6.13. The standard InChI is InChI=1S/C25H24N4O2S/c1-25(2,23(30)28-24-29-27-16-32-24)22(18-7-5-4-6-8-18)19-11-14-21(26-15-19)17-9-12-20(31-3)13-10-17/h4-16,22H,1-3H3,(H,28,29,30). The average molecular weight is 445 g/mol. The molecule has 1 amide bonds. The highest BCUT2D eigenvalue weighted by Crippen LogP contribution is 2.42. The molecule has 162 valence electrons. The minimum absolute atomic E-state index is 0.123. The maximum atomic E-state index is 13.3. The fourth-order valence-corrected chi connectivity index (χ4v) is 4.24. The number of benzene rings is 2. The molecule has 4 rings (SSSR count). The summed E-state index contributed by atoms with van der Waals surface area (Å²) in [6, 6.07) is 21.9. The molecule has 2 heterocycles. The van der Waals surface area contributed by atoms with Gasteiger partial charge in [-0.3, -0.25) is 9.78 Å². The number of aromatic nitrogens is 3. The Hall–Kier alpha value is -3.58. The first kappa shape index (κ1) is 21.6. The van der Waals surface area contributed by atoms with Crippen molar-refractivity contribution in [2.75, 3.05) is 12.4 Å². The van der Waals surface area contributed by atoms with Gasteiger partial charge in [0.1, 0.15) is 11.3 Å². The Morgan fingerprint density at radius 3 is 2.34 bits per heavy atom. The van der Waals surface area contributed by atoms with E-state index < -0.39 is 5.41 Å². The van der Waals surface area contributed by atoms with Gasteiger partial charge in [0.15, 0.2) is 0 Å². The van der Waals surface area contributed by atoms with Crippen LogP contribution >= 0.6 is 11.3 Å². The monoisotopic (exact) mass is 444 g/mol. The molecule has 2 aromatic carbocycles. The molecule has 2 aromatic heterocycles. The molecular weight excluding hydrogens is 420 g/mol. The van der Waals surface area contributed by atoms with Crippen molar-refractivity contribution >= 4 is 22.4 Å². The molecule has 0 radical (unpaired) electrons. The van der Waals surface area contributed by atoms with Crippen LogP contribution in [0.4, 0.5) is 5.13 Å². The van der Waals surface area contributed by atoms with Crippen molar-refractivity contribution in [1.29, 1.82) is 0 Å². The quantitative estimate of drug-likeness (QED) is 0.413. The summed E-state index contributed by atoms with van der Waals surface area (Å²) >= 11 is 1.30. The van der Waals surface area contributed by atoms with Gasteiger partial charge in [-0.05, 0) is 41.5 Å². The number of pyridine rings is 1. The Morgan fingerprint density at radius 2 is 1.75 bits per heavy atom. The van der Waals surface area contributed by atoms with Crippen LogP contribution in [0.5, 0.6) is 5.75 Å². The fourth-order valence-electron chi connectivity index (χ4n) is 3.80. The molecule has 0 aliphatic carbocycles. The van der Waals surface area contributed by atoms with E-state index >= 15 is 0 Å². The zero-order chi connectivity index (χ0) is 22.6. The first-order valence-corrected chi connectivity index (χ1v) is 11.1. The molecule has 0 aliphatic heterocycles. The summed E-state index contributed by atoms with van der Waals surface area (Å²) in [5.41, 5.74) is 4.70. The summed E-state index contributed by atoms with van der Waals surface area (Å²) in [6.45, 7) is 3.89. The van der Waals surface area contributed by atoms with Crippen molar-refractivity contribution in [2.45, 2.75) is 19.8 Å². The van der Waals surface area contributed by atoms with Crippen LogP contribution in [0.1, 0.15) is 30.9 Å². The molecule has 1 N–H and O–H groups in total. The summed E-state index contributed by atoms with van der Waals surface area (Å²) in [7, 11) is 1.65. The molecular formula is C25H24N4O2S. The van der Waals surface area contributed by atoms with E-state index in [0.29, 0.717) is 5.13 Å². The molecule has 1 unspecified atom stereocenters. The number of hydrogen-bond donors (Lipinski definition) is 1. The molecule has 0 bridgehead atoms. The molecule has 1 atom stereocenters. The molecule has 0 spiro atoms. The largest absolute Gasteiger partial charge is 0.497 e. The highest BCUT2D eigenvalue weighted by atomic mass is 32.1. The first-order valence-electron chi connectivity index (χ1n) is 10.2. The lowest BCUT2D eigenvalue weighted by Crippen LogP contribution is -2.37. The van der Waals surface area contributed by atoms with Crippen molar-refractivity contribution in [3.05, 3.63) is 89.6 Å². The second kappa shape index (κ2) is 9.28. The molecule has 4 aromatic rings. The zero-order valence-corrected chi connectivity index (χ0v) is 19.0. The van der Waals surface area contributed by atoms with Crippen molar-refractivity contribution in [2.24, 2.45) is 5.41 Å². The number of nitrogens with zero attached hydrogens (tertiary/aromatic N) is 3. The molecule has 32 heavy (non-hydrogen) atoms. The topological polar surface area (TPSA) is 77.0 Å². The van der Waals surface area contributed by atoms with Crippen molar-refractivity contribution in [1.82, 2.24) is 15.2 Å². The van der Waals surface area contributed by atoms with E-state index in [2.05, 4.69) is 15.5 Å². The van der Waals surface area contributed by atoms with Crippen LogP contribution in [0.25, 0.3) is 11.3 Å². The van der Waals surface area contributed by atoms with E-state index in [9.17, 15) is 4.79 Å². The third kappa shape index (κ3) is 4.53. The number of carbonyl (C=O) groups is 1. The zero-order valence-electron chi connectivity index (χ0n) is 18.1. The predicted octanol–water partition coefficient (Wildman–Crippen LogP) is 5.41. The summed E-state index contributed by atoms with van der Waals surface area (Å²) in [5.74, 6) is 0.481. The van der Waals surface area contributed by atoms with Crippen LogP contribution in [-0.4, -0.2) is 28.2 Å². The number of nitrogens with one attached hydrogen (secondary N) is 1. The van der Waals surface area contributed by atoms with E-state index in [1.165, 1.54) is 11.3 Å². The normalized spacial score (nSPS) is 12.2. The van der Waals surface area contributed by atoms with Crippen LogP contribution in [0.3, 0.4) is 0 Å². The van der Waals surface area contributed by atoms with Gasteiger partial charge in [-0.1, -0.05) is 61.6 Å². The Kier molecular flexibility index (Phi) is 6.28. The number of rotatable bonds is 7. The van der Waals surface area contributed by atoms with E-state index in [1.54, 1.807) is 12.6 Å². The summed E-state index contributed by atoms with van der Waals surface area (Å²) < 4.78 is 5.24. The van der Waals surface area contributed by atoms with Crippen molar-refractivity contribution < 1.29 is 9.53 Å². The molecule has 0 saturated carbocycles. The van der Waals surface area contributed by atoms with Gasteiger partial charge in [-0.2, -0.15) is 0 Å². The molecule has 7 heteroatoms. The van der Waals surface area contributed by atoms with Gasteiger partial charge in [0, 0.05) is 17.7 Å². The van der Waals surface area contributed by atoms with E-state index in [1.807, 2.05) is 86.8 Å². The minimum atomic E-state index is -0.768. The Morgan fingerprint density at radius 1 is 1.00 bits per heavy atom. The van der Waals surface area contributed by atoms with Gasteiger partial charge in [-0.25, -0.2) is 0 Å². The lowest BCUT2D eigenvalue weighted by atomic mass is 9.71. The van der Waals surface area contributed by atoms with E-state index in [-0.39, 0.29) is 11.8 Å². The smallest absolute Gasteiger partial charge is 0.232 e. The van der Waals surface area contributed by atoms with Crippen LogP contribution in [0.2, 0.25) is 0 Å². The number of amides is 1. The molecule has 0 saturated heterocycles. The molecule has 0 fully saturated rings. The van der Waals surface area contributed by atoms with E-state index in [0.717, 1.165) is 28.1 Å². The summed E-state index contributed by atoms with van der Waals surface area (Å²) in [6.07, 6.45) is 1.86. The number of carbonyl (C=O) groups excluding carboxylic acids is 1. The lowest BCUT2D eigenvalue weighted by molar-refractivity contribution is -0.124. The second-order valence-electron chi connectivity index (χ2n) is 7.97. The SMILES string of the molecule is COc1ccc(-c2ccc(C(c3ccccc3)C(C)(C)C(=O)Nc3nncs3)cn2)cc1. The Balaban J connectivity index is 1.68. The van der Waals surface area contributed by atoms with Gasteiger partial charge < -0.3 is 10.1 Å². The number of hydrogen-bond acceptors (Lipinski definition) is 6. The van der Waals surface area contributed by atoms with Crippen LogP contribution < -0.4 is 10.1 Å². The van der Waals surface area contributed by atoms with Gasteiger partial charge in [-0.15, -0.1) is 10.2 Å². The van der Waals surface area contributed by atoms with Crippen molar-refractivity contribution in [3.63, 3.8) is 0 Å². The minimum Gasteiger partial charge on any atom is -0.497 e. The summed E-state index contributed by atoms with van der Waals surface area (Å²) in [5, 5.41) is 11.1. The third-order valence-electron chi connectivity index (χ3n) is 5.53. The Bertz CT molecular complexity index is 1160. The van der Waals surface area contributed by atoms with Crippen LogP contribution in [0.15, 0.2) is 78.4 Å². The highest BCUT2D eigenvalue weighted by molar-refractivity contribution is 7.13. The van der Waals surface area contributed by atoms with Crippen LogP contribution in [-0.2, 0) is 4.79 Å². The van der Waals surface area contributed by atoms with E-state index in [4.69, 9.17) is 9.72 Å². The lowest BCUT2D eigenvalue weighted by Gasteiger charge is -2.33. The maximum absolute atomic E-state index is 13.3. The maximum Gasteiger partial charge on any atom is 0.232 e. The van der Waals surface area contributed by atoms with Gasteiger partial charge >= 0.3 is 0 Å². The fraction of sp³-hybridized carbons (Fsp3) is 0.200. The highest BCUT2D eigenvalue weighted by Gasteiger charge is 2.39. The summed E-state index contributed by atoms with van der Waals surface area (Å²) in [4.78, 5) is 18.0. The van der Waals surface area contributed by atoms with Gasteiger partial charge in [0.25, 0.3) is 0 Å². The first-order chi connectivity index (χ1) is 15.5.